The fourth-order valence-electron chi connectivity index (χ4n) is 4.77. The molecule has 0 radical (unpaired) electrons. The van der Waals surface area contributed by atoms with Crippen molar-refractivity contribution in [3.05, 3.63) is 58.4 Å². The number of imidazole rings is 1. The second kappa shape index (κ2) is 11.1. The molecule has 0 atom stereocenters. The van der Waals surface area contributed by atoms with Crippen molar-refractivity contribution in [3.63, 3.8) is 0 Å². The number of aryl methyl sites for hydroxylation is 3. The van der Waals surface area contributed by atoms with Crippen molar-refractivity contribution in [2.24, 2.45) is 5.92 Å². The molecule has 1 aromatic heterocycles. The largest absolute Gasteiger partial charge is 0.494 e. The molecule has 4 rings (SSSR count). The van der Waals surface area contributed by atoms with E-state index in [4.69, 9.17) is 21.3 Å². The maximum Gasteiger partial charge on any atom is 0.223 e. The molecule has 176 valence electrons. The van der Waals surface area contributed by atoms with Crippen molar-refractivity contribution < 1.29 is 9.53 Å². The number of nitrogens with one attached hydrogen (secondary N) is 1. The van der Waals surface area contributed by atoms with Crippen molar-refractivity contribution in [3.8, 4) is 5.75 Å². The minimum Gasteiger partial charge on any atom is -0.494 e. The van der Waals surface area contributed by atoms with Crippen molar-refractivity contribution in [1.29, 1.82) is 0 Å². The van der Waals surface area contributed by atoms with Crippen molar-refractivity contribution >= 4 is 28.5 Å². The van der Waals surface area contributed by atoms with E-state index in [0.29, 0.717) is 13.2 Å². The Hall–Kier alpha value is -2.53. The predicted octanol–water partition coefficient (Wildman–Crippen LogP) is 6.01. The molecule has 0 aliphatic heterocycles. The molecule has 0 unspecified atom stereocenters. The van der Waals surface area contributed by atoms with Gasteiger partial charge >= 0.3 is 0 Å². The van der Waals surface area contributed by atoms with E-state index < -0.39 is 0 Å². The number of hydrogen-bond acceptors (Lipinski definition) is 3. The Labute approximate surface area is 201 Å². The van der Waals surface area contributed by atoms with Gasteiger partial charge in [0.2, 0.25) is 5.91 Å². The lowest BCUT2D eigenvalue weighted by Crippen LogP contribution is -2.33. The van der Waals surface area contributed by atoms with Crippen LogP contribution in [0, 0.1) is 19.8 Å². The SMILES string of the molecule is Cc1cc(OCCCn2c(CCNC(=O)C3CCCCC3)nc3ccccc32)cc(C)c1Cl. The van der Waals surface area contributed by atoms with E-state index in [0.717, 1.165) is 71.0 Å². The van der Waals surface area contributed by atoms with Crippen LogP contribution in [-0.2, 0) is 17.8 Å². The number of benzene rings is 2. The third kappa shape index (κ3) is 5.89. The number of carbonyl (C=O) groups excluding carboxylic acids is 1. The second-order valence-corrected chi connectivity index (χ2v) is 9.50. The summed E-state index contributed by atoms with van der Waals surface area (Å²) in [5.41, 5.74) is 4.19. The van der Waals surface area contributed by atoms with Crippen LogP contribution in [0.2, 0.25) is 5.02 Å². The molecule has 0 bridgehead atoms. The number of halogens is 1. The topological polar surface area (TPSA) is 56.1 Å². The first-order valence-corrected chi connectivity index (χ1v) is 12.5. The second-order valence-electron chi connectivity index (χ2n) is 9.12. The summed E-state index contributed by atoms with van der Waals surface area (Å²) in [6.07, 6.45) is 7.24. The van der Waals surface area contributed by atoms with Gasteiger partial charge in [0.15, 0.2) is 0 Å². The number of carbonyl (C=O) groups is 1. The molecule has 3 aromatic rings. The molecule has 5 nitrogen and oxygen atoms in total. The summed E-state index contributed by atoms with van der Waals surface area (Å²) in [7, 11) is 0. The van der Waals surface area contributed by atoms with Crippen molar-refractivity contribution in [2.45, 2.75) is 65.3 Å². The molecule has 1 saturated carbocycles. The third-order valence-electron chi connectivity index (χ3n) is 6.56. The van der Waals surface area contributed by atoms with Gasteiger partial charge in [0, 0.05) is 30.5 Å². The number of hydrogen-bond donors (Lipinski definition) is 1. The molecule has 33 heavy (non-hydrogen) atoms. The highest BCUT2D eigenvalue weighted by Gasteiger charge is 2.20. The zero-order chi connectivity index (χ0) is 23.2. The minimum atomic E-state index is 0.190. The molecule has 1 fully saturated rings. The molecule has 6 heteroatoms. The van der Waals surface area contributed by atoms with Gasteiger partial charge in [0.25, 0.3) is 0 Å². The summed E-state index contributed by atoms with van der Waals surface area (Å²) in [6.45, 7) is 6.06. The van der Waals surface area contributed by atoms with Crippen LogP contribution in [0.3, 0.4) is 0 Å². The standard InChI is InChI=1S/C27H34ClN3O2/c1-19-17-22(18-20(2)26(19)28)33-16-8-15-31-24-12-7-6-11-23(24)30-25(31)13-14-29-27(32)21-9-4-3-5-10-21/h6-7,11-12,17-18,21H,3-5,8-10,13-16H2,1-2H3,(H,29,32). The average molecular weight is 468 g/mol. The quantitative estimate of drug-likeness (QED) is 0.392. The van der Waals surface area contributed by atoms with Gasteiger partial charge in [-0.25, -0.2) is 4.98 Å². The molecule has 1 aliphatic rings. The zero-order valence-corrected chi connectivity index (χ0v) is 20.5. The van der Waals surface area contributed by atoms with Gasteiger partial charge in [-0.2, -0.15) is 0 Å². The van der Waals surface area contributed by atoms with Gasteiger partial charge in [-0.05, 0) is 68.5 Å². The molecule has 0 spiro atoms. The summed E-state index contributed by atoms with van der Waals surface area (Å²) in [4.78, 5) is 17.3. The van der Waals surface area contributed by atoms with E-state index in [1.807, 2.05) is 44.2 Å². The number of nitrogens with zero attached hydrogens (tertiary/aromatic N) is 2. The number of aromatic nitrogens is 2. The normalized spacial score (nSPS) is 14.5. The molecule has 1 aliphatic carbocycles. The monoisotopic (exact) mass is 467 g/mol. The van der Waals surface area contributed by atoms with E-state index in [1.165, 1.54) is 19.3 Å². The molecule has 0 saturated heterocycles. The van der Waals surface area contributed by atoms with Crippen LogP contribution in [0.1, 0.15) is 55.5 Å². The van der Waals surface area contributed by atoms with Crippen LogP contribution in [-0.4, -0.2) is 28.6 Å². The molecular formula is C27H34ClN3O2. The number of fused-ring (bicyclic) bond motifs is 1. The number of amides is 1. The number of para-hydroxylation sites is 2. The first kappa shape index (κ1) is 23.6. The predicted molar refractivity (Wildman–Crippen MR) is 134 cm³/mol. The van der Waals surface area contributed by atoms with Crippen LogP contribution in [0.25, 0.3) is 11.0 Å². The lowest BCUT2D eigenvalue weighted by atomic mass is 9.89. The summed E-state index contributed by atoms with van der Waals surface area (Å²) < 4.78 is 8.27. The van der Waals surface area contributed by atoms with Gasteiger partial charge in [0.05, 0.1) is 17.6 Å². The fraction of sp³-hybridized carbons (Fsp3) is 0.481. The van der Waals surface area contributed by atoms with Crippen LogP contribution < -0.4 is 10.1 Å². The Balaban J connectivity index is 1.35. The summed E-state index contributed by atoms with van der Waals surface area (Å²) in [5.74, 6) is 2.27. The summed E-state index contributed by atoms with van der Waals surface area (Å²) >= 11 is 6.26. The van der Waals surface area contributed by atoms with Gasteiger partial charge in [-0.15, -0.1) is 0 Å². The molecule has 1 N–H and O–H groups in total. The van der Waals surface area contributed by atoms with E-state index >= 15 is 0 Å². The first-order chi connectivity index (χ1) is 16.0. The van der Waals surface area contributed by atoms with E-state index in [-0.39, 0.29) is 11.8 Å². The van der Waals surface area contributed by atoms with E-state index in [1.54, 1.807) is 0 Å². The first-order valence-electron chi connectivity index (χ1n) is 12.1. The maximum absolute atomic E-state index is 12.5. The molecule has 1 heterocycles. The van der Waals surface area contributed by atoms with Gasteiger partial charge in [-0.1, -0.05) is 43.0 Å². The smallest absolute Gasteiger partial charge is 0.223 e. The van der Waals surface area contributed by atoms with Gasteiger partial charge < -0.3 is 14.6 Å². The lowest BCUT2D eigenvalue weighted by Gasteiger charge is -2.20. The average Bonchev–Trinajstić information content (AvgIpc) is 3.18. The van der Waals surface area contributed by atoms with E-state index in [2.05, 4.69) is 16.0 Å². The van der Waals surface area contributed by atoms with Crippen LogP contribution in [0.4, 0.5) is 0 Å². The Kier molecular flexibility index (Phi) is 7.92. The number of rotatable bonds is 9. The van der Waals surface area contributed by atoms with Gasteiger partial charge in [-0.3, -0.25) is 4.79 Å². The highest BCUT2D eigenvalue weighted by molar-refractivity contribution is 6.32. The Morgan fingerprint density at radius 3 is 2.64 bits per heavy atom. The van der Waals surface area contributed by atoms with Crippen LogP contribution in [0.15, 0.2) is 36.4 Å². The molecule has 2 aromatic carbocycles. The minimum absolute atomic E-state index is 0.190. The number of ether oxygens (including phenoxy) is 1. The Bertz CT molecular complexity index is 1080. The lowest BCUT2D eigenvalue weighted by molar-refractivity contribution is -0.125. The Morgan fingerprint density at radius 2 is 1.88 bits per heavy atom. The summed E-state index contributed by atoms with van der Waals surface area (Å²) in [5, 5.41) is 3.95. The fourth-order valence-corrected chi connectivity index (χ4v) is 4.88. The van der Waals surface area contributed by atoms with Crippen molar-refractivity contribution in [1.82, 2.24) is 14.9 Å². The highest BCUT2D eigenvalue weighted by Crippen LogP contribution is 2.26. The highest BCUT2D eigenvalue weighted by atomic mass is 35.5. The summed E-state index contributed by atoms with van der Waals surface area (Å²) in [6, 6.07) is 12.2. The Morgan fingerprint density at radius 1 is 1.15 bits per heavy atom. The van der Waals surface area contributed by atoms with Crippen molar-refractivity contribution in [2.75, 3.05) is 13.2 Å². The van der Waals surface area contributed by atoms with Crippen LogP contribution >= 0.6 is 11.6 Å². The zero-order valence-electron chi connectivity index (χ0n) is 19.7. The maximum atomic E-state index is 12.5. The molecular weight excluding hydrogens is 434 g/mol. The van der Waals surface area contributed by atoms with Crippen LogP contribution in [0.5, 0.6) is 5.75 Å². The molecule has 1 amide bonds. The third-order valence-corrected chi connectivity index (χ3v) is 7.16. The van der Waals surface area contributed by atoms with E-state index in [9.17, 15) is 4.79 Å². The van der Waals surface area contributed by atoms with Gasteiger partial charge in [0.1, 0.15) is 11.6 Å².